The molecule has 7 nitrogen and oxygen atoms in total. The van der Waals surface area contributed by atoms with Crippen LogP contribution in [0, 0.1) is 23.0 Å². The number of benzene rings is 2. The van der Waals surface area contributed by atoms with E-state index in [0.717, 1.165) is 16.9 Å². The lowest BCUT2D eigenvalue weighted by Crippen LogP contribution is -2.43. The second-order valence-electron chi connectivity index (χ2n) is 9.16. The molecule has 0 fully saturated rings. The summed E-state index contributed by atoms with van der Waals surface area (Å²) in [5.74, 6) is -0.152. The molecular weight excluding hydrogens is 486 g/mol. The molecule has 0 saturated carbocycles. The monoisotopic (exact) mass is 519 g/mol. The molecular formula is C29H33N3O4S. The van der Waals surface area contributed by atoms with E-state index in [2.05, 4.69) is 13.8 Å². The summed E-state index contributed by atoms with van der Waals surface area (Å²) in [7, 11) is 0. The average Bonchev–Trinajstić information content (AvgIpc) is 3.31. The number of amides is 2. The van der Waals surface area contributed by atoms with E-state index in [9.17, 15) is 19.7 Å². The molecule has 0 unspecified atom stereocenters. The van der Waals surface area contributed by atoms with Gasteiger partial charge in [0.2, 0.25) is 11.8 Å². The Labute approximate surface area is 222 Å². The van der Waals surface area contributed by atoms with Gasteiger partial charge in [-0.3, -0.25) is 19.7 Å². The Bertz CT molecular complexity index is 1220. The highest BCUT2D eigenvalue weighted by Crippen LogP contribution is 2.19. The largest absolute Gasteiger partial charge is 0.332 e. The molecule has 1 aromatic heterocycles. The molecule has 3 aromatic rings. The second kappa shape index (κ2) is 13.5. The third-order valence-corrected chi connectivity index (χ3v) is 7.09. The van der Waals surface area contributed by atoms with Crippen LogP contribution in [0.4, 0.5) is 5.69 Å². The maximum absolute atomic E-state index is 13.6. The van der Waals surface area contributed by atoms with Crippen molar-refractivity contribution in [2.24, 2.45) is 5.92 Å². The predicted molar refractivity (Wildman–Crippen MR) is 148 cm³/mol. The van der Waals surface area contributed by atoms with Crippen LogP contribution in [-0.4, -0.2) is 39.6 Å². The molecule has 3 rings (SSSR count). The number of rotatable bonds is 12. The van der Waals surface area contributed by atoms with Gasteiger partial charge in [0, 0.05) is 41.1 Å². The molecule has 0 radical (unpaired) electrons. The van der Waals surface area contributed by atoms with Crippen LogP contribution in [0.15, 0.2) is 72.8 Å². The number of nitro benzene ring substituents is 1. The molecule has 37 heavy (non-hydrogen) atoms. The zero-order valence-corrected chi connectivity index (χ0v) is 22.3. The highest BCUT2D eigenvalue weighted by Gasteiger charge is 2.22. The normalized spacial score (nSPS) is 11.9. The Morgan fingerprint density at radius 2 is 1.70 bits per heavy atom. The summed E-state index contributed by atoms with van der Waals surface area (Å²) in [6.07, 6.45) is 3.93. The molecule has 0 aliphatic rings. The molecule has 0 spiro atoms. The summed E-state index contributed by atoms with van der Waals surface area (Å²) >= 11 is 1.66. The lowest BCUT2D eigenvalue weighted by atomic mass is 10.1. The third kappa shape index (κ3) is 8.68. The average molecular weight is 520 g/mol. The zero-order chi connectivity index (χ0) is 26.8. The van der Waals surface area contributed by atoms with Crippen molar-refractivity contribution in [2.45, 2.75) is 40.3 Å². The van der Waals surface area contributed by atoms with Crippen molar-refractivity contribution in [2.75, 3.05) is 13.1 Å². The molecule has 0 aliphatic carbocycles. The van der Waals surface area contributed by atoms with E-state index < -0.39 is 4.92 Å². The number of nitrogens with zero attached hydrogens (tertiary/aromatic N) is 3. The second-order valence-corrected chi connectivity index (χ2v) is 10.5. The SMILES string of the molecule is CC[C@H](C)CN(CC(=O)N(Cc1ccccc1)Cc1ccc(C)s1)C(=O)/C=C/c1ccc([N+](=O)[O-])cc1. The quantitative estimate of drug-likeness (QED) is 0.165. The number of hydrogen-bond donors (Lipinski definition) is 0. The molecule has 0 N–H and O–H groups in total. The maximum Gasteiger partial charge on any atom is 0.269 e. The van der Waals surface area contributed by atoms with Crippen molar-refractivity contribution >= 4 is 34.9 Å². The fraction of sp³-hybridized carbons (Fsp3) is 0.310. The van der Waals surface area contributed by atoms with Gasteiger partial charge in [-0.15, -0.1) is 11.3 Å². The maximum atomic E-state index is 13.6. The number of carbonyl (C=O) groups excluding carboxylic acids is 2. The van der Waals surface area contributed by atoms with Gasteiger partial charge in [-0.25, -0.2) is 0 Å². The van der Waals surface area contributed by atoms with Gasteiger partial charge in [0.25, 0.3) is 5.69 Å². The first-order chi connectivity index (χ1) is 17.7. The Morgan fingerprint density at radius 1 is 1.00 bits per heavy atom. The highest BCUT2D eigenvalue weighted by molar-refractivity contribution is 7.11. The van der Waals surface area contributed by atoms with Crippen molar-refractivity contribution in [1.29, 1.82) is 0 Å². The summed E-state index contributed by atoms with van der Waals surface area (Å²) in [5.41, 5.74) is 1.70. The molecule has 2 aromatic carbocycles. The molecule has 194 valence electrons. The van der Waals surface area contributed by atoms with Crippen LogP contribution in [-0.2, 0) is 22.7 Å². The molecule has 8 heteroatoms. The zero-order valence-electron chi connectivity index (χ0n) is 21.5. The number of hydrogen-bond acceptors (Lipinski definition) is 5. The van der Waals surface area contributed by atoms with E-state index in [0.29, 0.717) is 25.2 Å². The number of nitro groups is 1. The number of aryl methyl sites for hydroxylation is 1. The van der Waals surface area contributed by atoms with Gasteiger partial charge < -0.3 is 9.80 Å². The topological polar surface area (TPSA) is 83.8 Å². The fourth-order valence-electron chi connectivity index (χ4n) is 3.78. The number of thiophene rings is 1. The van der Waals surface area contributed by atoms with Gasteiger partial charge in [0.1, 0.15) is 6.54 Å². The van der Waals surface area contributed by atoms with Crippen LogP contribution >= 0.6 is 11.3 Å². The van der Waals surface area contributed by atoms with Crippen LogP contribution in [0.25, 0.3) is 6.08 Å². The van der Waals surface area contributed by atoms with Gasteiger partial charge in [0.15, 0.2) is 0 Å². The van der Waals surface area contributed by atoms with Crippen LogP contribution < -0.4 is 0 Å². The summed E-state index contributed by atoms with van der Waals surface area (Å²) in [5, 5.41) is 10.9. The van der Waals surface area contributed by atoms with E-state index in [1.807, 2.05) is 49.4 Å². The molecule has 0 saturated heterocycles. The Kier molecular flexibility index (Phi) is 10.1. The number of non-ortho nitro benzene ring substituents is 1. The minimum Gasteiger partial charge on any atom is -0.332 e. The Balaban J connectivity index is 1.77. The van der Waals surface area contributed by atoms with Crippen LogP contribution in [0.5, 0.6) is 0 Å². The van der Waals surface area contributed by atoms with Crippen molar-refractivity contribution < 1.29 is 14.5 Å². The molecule has 2 amide bonds. The third-order valence-electron chi connectivity index (χ3n) is 6.10. The van der Waals surface area contributed by atoms with E-state index in [-0.39, 0.29) is 30.0 Å². The van der Waals surface area contributed by atoms with Gasteiger partial charge in [-0.2, -0.15) is 0 Å². The fourth-order valence-corrected chi connectivity index (χ4v) is 4.68. The Morgan fingerprint density at radius 3 is 2.30 bits per heavy atom. The van der Waals surface area contributed by atoms with Crippen LogP contribution in [0.2, 0.25) is 0 Å². The first-order valence-corrected chi connectivity index (χ1v) is 13.1. The van der Waals surface area contributed by atoms with E-state index in [1.54, 1.807) is 39.3 Å². The van der Waals surface area contributed by atoms with Crippen molar-refractivity contribution in [1.82, 2.24) is 9.80 Å². The minimum atomic E-state index is -0.461. The van der Waals surface area contributed by atoms with Crippen LogP contribution in [0.3, 0.4) is 0 Å². The highest BCUT2D eigenvalue weighted by atomic mass is 32.1. The van der Waals surface area contributed by atoms with Crippen molar-refractivity contribution in [3.8, 4) is 0 Å². The van der Waals surface area contributed by atoms with Crippen molar-refractivity contribution in [3.63, 3.8) is 0 Å². The van der Waals surface area contributed by atoms with Crippen LogP contribution in [0.1, 0.15) is 41.1 Å². The van der Waals surface area contributed by atoms with E-state index in [4.69, 9.17) is 0 Å². The lowest BCUT2D eigenvalue weighted by Gasteiger charge is -2.28. The first-order valence-electron chi connectivity index (χ1n) is 12.3. The predicted octanol–water partition coefficient (Wildman–Crippen LogP) is 6.08. The molecule has 1 heterocycles. The van der Waals surface area contributed by atoms with Gasteiger partial charge >= 0.3 is 0 Å². The minimum absolute atomic E-state index is 0.00749. The summed E-state index contributed by atoms with van der Waals surface area (Å²) < 4.78 is 0. The first kappa shape index (κ1) is 27.8. The molecule has 0 aliphatic heterocycles. The van der Waals surface area contributed by atoms with Gasteiger partial charge in [-0.1, -0.05) is 50.6 Å². The molecule has 0 bridgehead atoms. The Hall–Kier alpha value is -3.78. The summed E-state index contributed by atoms with van der Waals surface area (Å²) in [6.45, 7) is 7.54. The smallest absolute Gasteiger partial charge is 0.269 e. The molecule has 1 atom stereocenters. The van der Waals surface area contributed by atoms with E-state index >= 15 is 0 Å². The van der Waals surface area contributed by atoms with E-state index in [1.165, 1.54) is 23.1 Å². The van der Waals surface area contributed by atoms with Crippen molar-refractivity contribution in [3.05, 3.63) is 104 Å². The summed E-state index contributed by atoms with van der Waals surface area (Å²) in [6, 6.07) is 19.9. The van der Waals surface area contributed by atoms with Gasteiger partial charge in [-0.05, 0) is 54.3 Å². The standard InChI is InChI=1S/C29H33N3O4S/c1-4-22(2)18-30(28(33)17-13-24-11-14-26(15-12-24)32(35)36)21-29(34)31(19-25-8-6-5-7-9-25)20-27-16-10-23(3)37-27/h5-17,22H,4,18-21H2,1-3H3/b17-13+/t22-/m0/s1. The lowest BCUT2D eigenvalue weighted by molar-refractivity contribution is -0.384. The summed E-state index contributed by atoms with van der Waals surface area (Å²) in [4.78, 5) is 42.8. The van der Waals surface area contributed by atoms with Gasteiger partial charge in [0.05, 0.1) is 11.5 Å². The number of carbonyl (C=O) groups is 2.